The molecule has 0 bridgehead atoms. The normalized spacial score (nSPS) is 13.1. The van der Waals surface area contributed by atoms with Gasteiger partial charge in [-0.2, -0.15) is 4.99 Å². The molecular formula is C18H15FN2O3S. The number of carboxylic acids is 1. The molecule has 7 heteroatoms. The molecule has 0 saturated carbocycles. The Morgan fingerprint density at radius 3 is 2.68 bits per heavy atom. The molecule has 0 aliphatic heterocycles. The Labute approximate surface area is 146 Å². The van der Waals surface area contributed by atoms with E-state index >= 15 is 0 Å². The lowest BCUT2D eigenvalue weighted by atomic mass is 10.2. The molecule has 5 nitrogen and oxygen atoms in total. The predicted molar refractivity (Wildman–Crippen MR) is 93.1 cm³/mol. The van der Waals surface area contributed by atoms with Crippen molar-refractivity contribution in [1.82, 2.24) is 4.57 Å². The number of para-hydroxylation sites is 1. The van der Waals surface area contributed by atoms with Crippen LogP contribution in [0.15, 0.2) is 53.5 Å². The SMILES string of the molecule is CCC(C(=O)O)n1c(=NC(=O)c2cccc(F)c2)sc2ccccc21. The summed E-state index contributed by atoms with van der Waals surface area (Å²) in [5, 5.41) is 9.52. The van der Waals surface area contributed by atoms with Gasteiger partial charge in [-0.1, -0.05) is 36.5 Å². The van der Waals surface area contributed by atoms with E-state index < -0.39 is 23.7 Å². The van der Waals surface area contributed by atoms with Crippen molar-refractivity contribution in [3.63, 3.8) is 0 Å². The van der Waals surface area contributed by atoms with Gasteiger partial charge in [0.2, 0.25) is 0 Å². The number of nitrogens with zero attached hydrogens (tertiary/aromatic N) is 2. The Bertz CT molecular complexity index is 1020. The molecule has 3 rings (SSSR count). The molecule has 1 aromatic heterocycles. The van der Waals surface area contributed by atoms with Gasteiger partial charge in [0.25, 0.3) is 5.91 Å². The highest BCUT2D eigenvalue weighted by atomic mass is 32.1. The van der Waals surface area contributed by atoms with Crippen LogP contribution in [0.5, 0.6) is 0 Å². The van der Waals surface area contributed by atoms with Gasteiger partial charge in [0.15, 0.2) is 4.80 Å². The molecular weight excluding hydrogens is 343 g/mol. The van der Waals surface area contributed by atoms with Gasteiger partial charge in [0.1, 0.15) is 11.9 Å². The van der Waals surface area contributed by atoms with Gasteiger partial charge in [-0.15, -0.1) is 0 Å². The maximum Gasteiger partial charge on any atom is 0.326 e. The van der Waals surface area contributed by atoms with E-state index in [1.807, 2.05) is 12.1 Å². The molecule has 1 heterocycles. The van der Waals surface area contributed by atoms with E-state index in [0.29, 0.717) is 11.9 Å². The summed E-state index contributed by atoms with van der Waals surface area (Å²) < 4.78 is 15.7. The zero-order chi connectivity index (χ0) is 18.0. The first-order chi connectivity index (χ1) is 12.0. The average molecular weight is 358 g/mol. The molecule has 1 amide bonds. The molecule has 1 N–H and O–H groups in total. The van der Waals surface area contributed by atoms with Crippen molar-refractivity contribution in [3.8, 4) is 0 Å². The smallest absolute Gasteiger partial charge is 0.326 e. The van der Waals surface area contributed by atoms with Crippen LogP contribution in [-0.4, -0.2) is 21.6 Å². The van der Waals surface area contributed by atoms with Crippen LogP contribution < -0.4 is 4.80 Å². The van der Waals surface area contributed by atoms with E-state index in [0.717, 1.165) is 10.8 Å². The molecule has 3 aromatic rings. The quantitative estimate of drug-likeness (QED) is 0.774. The first kappa shape index (κ1) is 17.0. The third kappa shape index (κ3) is 3.36. The summed E-state index contributed by atoms with van der Waals surface area (Å²) in [5.74, 6) is -2.13. The number of hydrogen-bond donors (Lipinski definition) is 1. The molecule has 0 spiro atoms. The molecule has 25 heavy (non-hydrogen) atoms. The number of aromatic nitrogens is 1. The zero-order valence-electron chi connectivity index (χ0n) is 13.3. The molecule has 0 saturated heterocycles. The molecule has 1 atom stereocenters. The number of halogens is 1. The van der Waals surface area contributed by atoms with Crippen LogP contribution in [0.25, 0.3) is 10.2 Å². The molecule has 0 aliphatic carbocycles. The van der Waals surface area contributed by atoms with Gasteiger partial charge in [0.05, 0.1) is 10.2 Å². The number of rotatable bonds is 4. The average Bonchev–Trinajstić information content (AvgIpc) is 2.93. The van der Waals surface area contributed by atoms with Gasteiger partial charge in [-0.05, 0) is 36.8 Å². The minimum absolute atomic E-state index is 0.118. The molecule has 1 unspecified atom stereocenters. The van der Waals surface area contributed by atoms with Crippen LogP contribution in [0.4, 0.5) is 4.39 Å². The van der Waals surface area contributed by atoms with Gasteiger partial charge < -0.3 is 9.67 Å². The third-order valence-corrected chi connectivity index (χ3v) is 4.82. The molecule has 0 fully saturated rings. The summed E-state index contributed by atoms with van der Waals surface area (Å²) in [4.78, 5) is 28.4. The topological polar surface area (TPSA) is 71.7 Å². The maximum atomic E-state index is 13.3. The van der Waals surface area contributed by atoms with E-state index in [9.17, 15) is 19.1 Å². The zero-order valence-corrected chi connectivity index (χ0v) is 14.2. The fourth-order valence-corrected chi connectivity index (χ4v) is 3.68. The lowest BCUT2D eigenvalue weighted by Crippen LogP contribution is -2.27. The van der Waals surface area contributed by atoms with Crippen molar-refractivity contribution in [2.45, 2.75) is 19.4 Å². The molecule has 2 aromatic carbocycles. The lowest BCUT2D eigenvalue weighted by molar-refractivity contribution is -0.140. The van der Waals surface area contributed by atoms with Crippen LogP contribution >= 0.6 is 11.3 Å². The summed E-state index contributed by atoms with van der Waals surface area (Å²) in [6.45, 7) is 1.76. The highest BCUT2D eigenvalue weighted by molar-refractivity contribution is 7.16. The summed E-state index contributed by atoms with van der Waals surface area (Å²) in [5.41, 5.74) is 0.819. The second-order valence-electron chi connectivity index (χ2n) is 5.41. The number of amides is 1. The number of hydrogen-bond acceptors (Lipinski definition) is 3. The highest BCUT2D eigenvalue weighted by Gasteiger charge is 2.22. The second-order valence-corrected chi connectivity index (χ2v) is 6.42. The van der Waals surface area contributed by atoms with Crippen molar-refractivity contribution in [2.75, 3.05) is 0 Å². The van der Waals surface area contributed by atoms with Crippen LogP contribution in [0.2, 0.25) is 0 Å². The maximum absolute atomic E-state index is 13.3. The number of thiazole rings is 1. The number of aliphatic carboxylic acids is 1. The first-order valence-electron chi connectivity index (χ1n) is 7.68. The Hall–Kier alpha value is -2.80. The molecule has 128 valence electrons. The summed E-state index contributed by atoms with van der Waals surface area (Å²) >= 11 is 1.23. The van der Waals surface area contributed by atoms with Crippen LogP contribution in [0, 0.1) is 5.82 Å². The van der Waals surface area contributed by atoms with E-state index in [1.165, 1.54) is 29.5 Å². The lowest BCUT2D eigenvalue weighted by Gasteiger charge is -2.13. The largest absolute Gasteiger partial charge is 0.480 e. The summed E-state index contributed by atoms with van der Waals surface area (Å²) in [7, 11) is 0. The van der Waals surface area contributed by atoms with E-state index in [4.69, 9.17) is 0 Å². The third-order valence-electron chi connectivity index (χ3n) is 3.78. The van der Waals surface area contributed by atoms with E-state index in [1.54, 1.807) is 23.6 Å². The van der Waals surface area contributed by atoms with Crippen molar-refractivity contribution in [2.24, 2.45) is 4.99 Å². The van der Waals surface area contributed by atoms with Gasteiger partial charge in [-0.3, -0.25) is 4.79 Å². The molecule has 0 aliphatic rings. The summed E-state index contributed by atoms with van der Waals surface area (Å²) in [6, 6.07) is 11.7. The van der Waals surface area contributed by atoms with Crippen LogP contribution in [0.1, 0.15) is 29.7 Å². The van der Waals surface area contributed by atoms with Crippen molar-refractivity contribution in [3.05, 3.63) is 64.7 Å². The van der Waals surface area contributed by atoms with Crippen LogP contribution in [0.3, 0.4) is 0 Å². The first-order valence-corrected chi connectivity index (χ1v) is 8.50. The number of benzene rings is 2. The highest BCUT2D eigenvalue weighted by Crippen LogP contribution is 2.22. The van der Waals surface area contributed by atoms with Gasteiger partial charge >= 0.3 is 5.97 Å². The van der Waals surface area contributed by atoms with Gasteiger partial charge in [-0.25, -0.2) is 9.18 Å². The Balaban J connectivity index is 2.21. The fraction of sp³-hybridized carbons (Fsp3) is 0.167. The van der Waals surface area contributed by atoms with Crippen LogP contribution in [-0.2, 0) is 4.79 Å². The van der Waals surface area contributed by atoms with E-state index in [-0.39, 0.29) is 10.4 Å². The minimum Gasteiger partial charge on any atom is -0.480 e. The predicted octanol–water partition coefficient (Wildman–Crippen LogP) is 3.62. The molecule has 0 radical (unpaired) electrons. The Kier molecular flexibility index (Phi) is 4.76. The number of carbonyl (C=O) groups is 2. The monoisotopic (exact) mass is 358 g/mol. The van der Waals surface area contributed by atoms with E-state index in [2.05, 4.69) is 4.99 Å². The van der Waals surface area contributed by atoms with Gasteiger partial charge in [0, 0.05) is 5.56 Å². The van der Waals surface area contributed by atoms with Crippen molar-refractivity contribution in [1.29, 1.82) is 0 Å². The Morgan fingerprint density at radius 1 is 1.24 bits per heavy atom. The Morgan fingerprint density at radius 2 is 2.00 bits per heavy atom. The fourth-order valence-electron chi connectivity index (χ4n) is 2.61. The minimum atomic E-state index is -0.995. The standard InChI is InChI=1S/C18H15FN2O3S/c1-2-13(17(23)24)21-14-8-3-4-9-15(14)25-18(21)20-16(22)11-6-5-7-12(19)10-11/h3-10,13H,2H2,1H3,(H,23,24). The second kappa shape index (κ2) is 6.98. The number of carbonyl (C=O) groups excluding carboxylic acids is 1. The summed E-state index contributed by atoms with van der Waals surface area (Å²) in [6.07, 6.45) is 0.345. The number of carboxylic acid groups (broad SMARTS) is 1. The van der Waals surface area contributed by atoms with Crippen molar-refractivity contribution >= 4 is 33.4 Å². The number of fused-ring (bicyclic) bond motifs is 1. The van der Waals surface area contributed by atoms with Crippen molar-refractivity contribution < 1.29 is 19.1 Å².